The van der Waals surface area contributed by atoms with Gasteiger partial charge in [-0.15, -0.1) is 6.42 Å². The first-order valence-corrected chi connectivity index (χ1v) is 4.54. The maximum absolute atomic E-state index is 11.1. The molecule has 1 unspecified atom stereocenters. The largest absolute Gasteiger partial charge is 0.298 e. The van der Waals surface area contributed by atoms with E-state index in [0.29, 0.717) is 6.42 Å². The first-order valence-electron chi connectivity index (χ1n) is 3.38. The zero-order chi connectivity index (χ0) is 7.40. The number of terminal acetylenes is 1. The third-order valence-electron chi connectivity index (χ3n) is 1.66. The fraction of sp³-hybridized carbons (Fsp3) is 0.625. The van der Waals surface area contributed by atoms with Crippen molar-refractivity contribution in [3.63, 3.8) is 0 Å². The van der Waals surface area contributed by atoms with Crippen LogP contribution in [0.15, 0.2) is 0 Å². The second-order valence-corrected chi connectivity index (χ2v) is 3.56. The van der Waals surface area contributed by atoms with Crippen molar-refractivity contribution in [3.05, 3.63) is 0 Å². The normalized spacial score (nSPS) is 24.1. The van der Waals surface area contributed by atoms with Crippen LogP contribution >= 0.6 is 11.8 Å². The maximum atomic E-state index is 11.1. The summed E-state index contributed by atoms with van der Waals surface area (Å²) in [5.74, 6) is 5.02. The molecule has 10 heavy (non-hydrogen) atoms. The van der Waals surface area contributed by atoms with Crippen LogP contribution in [0.2, 0.25) is 0 Å². The Hall–Kier alpha value is -0.420. The Morgan fingerprint density at radius 2 is 2.60 bits per heavy atom. The van der Waals surface area contributed by atoms with Crippen LogP contribution in [0.3, 0.4) is 0 Å². The summed E-state index contributed by atoms with van der Waals surface area (Å²) in [6, 6.07) is 0. The molecule has 0 aromatic carbocycles. The molecule has 54 valence electrons. The summed E-state index contributed by atoms with van der Waals surface area (Å²) in [6.45, 7) is 0. The Kier molecular flexibility index (Phi) is 2.82. The zero-order valence-corrected chi connectivity index (χ0v) is 6.62. The van der Waals surface area contributed by atoms with Crippen molar-refractivity contribution in [1.82, 2.24) is 0 Å². The molecule has 1 aliphatic rings. The predicted octanol–water partition coefficient (Wildman–Crippen LogP) is 1.33. The van der Waals surface area contributed by atoms with E-state index in [1.165, 1.54) is 0 Å². The van der Waals surface area contributed by atoms with Gasteiger partial charge < -0.3 is 0 Å². The van der Waals surface area contributed by atoms with Crippen LogP contribution in [-0.2, 0) is 4.79 Å². The van der Waals surface area contributed by atoms with Gasteiger partial charge in [0.2, 0.25) is 0 Å². The van der Waals surface area contributed by atoms with Crippen LogP contribution in [0.25, 0.3) is 0 Å². The molecule has 0 spiro atoms. The zero-order valence-electron chi connectivity index (χ0n) is 5.80. The van der Waals surface area contributed by atoms with Gasteiger partial charge in [0.15, 0.2) is 0 Å². The highest BCUT2D eigenvalue weighted by Crippen LogP contribution is 2.24. The lowest BCUT2D eigenvalue weighted by Crippen LogP contribution is -2.12. The number of thioether (sulfide) groups is 1. The van der Waals surface area contributed by atoms with E-state index in [4.69, 9.17) is 6.42 Å². The van der Waals surface area contributed by atoms with E-state index in [1.807, 2.05) is 11.8 Å². The van der Waals surface area contributed by atoms with Gasteiger partial charge in [-0.25, -0.2) is 0 Å². The fourth-order valence-electron chi connectivity index (χ4n) is 1.03. The number of Topliss-reactive ketones (excluding diaryl/α,β-unsaturated/α-hetero) is 1. The standard InChI is InChI=1S/C8H10OS/c1-2-3-8(9)7-4-5-10-6-7/h1,7H,3-6H2. The van der Waals surface area contributed by atoms with Gasteiger partial charge in [0.05, 0.1) is 6.42 Å². The topological polar surface area (TPSA) is 17.1 Å². The second-order valence-electron chi connectivity index (χ2n) is 2.41. The molecule has 1 fully saturated rings. The Morgan fingerprint density at radius 3 is 3.10 bits per heavy atom. The lowest BCUT2D eigenvalue weighted by atomic mass is 10.0. The summed E-state index contributed by atoms with van der Waals surface area (Å²) in [4.78, 5) is 11.1. The Labute approximate surface area is 65.6 Å². The summed E-state index contributed by atoms with van der Waals surface area (Å²) in [7, 11) is 0. The van der Waals surface area contributed by atoms with Crippen molar-refractivity contribution in [2.75, 3.05) is 11.5 Å². The molecule has 0 radical (unpaired) electrons. The SMILES string of the molecule is C#CCC(=O)C1CCSC1. The van der Waals surface area contributed by atoms with Crippen molar-refractivity contribution in [1.29, 1.82) is 0 Å². The lowest BCUT2D eigenvalue weighted by molar-refractivity contribution is -0.121. The molecule has 1 aliphatic heterocycles. The lowest BCUT2D eigenvalue weighted by Gasteiger charge is -2.01. The molecule has 0 aliphatic carbocycles. The number of hydrogen-bond donors (Lipinski definition) is 0. The minimum atomic E-state index is 0.257. The molecule has 1 saturated heterocycles. The molecule has 0 aromatic heterocycles. The van der Waals surface area contributed by atoms with Crippen molar-refractivity contribution >= 4 is 17.5 Å². The highest BCUT2D eigenvalue weighted by Gasteiger charge is 2.21. The summed E-state index contributed by atoms with van der Waals surface area (Å²) < 4.78 is 0. The van der Waals surface area contributed by atoms with Gasteiger partial charge in [0, 0.05) is 11.7 Å². The van der Waals surface area contributed by atoms with Crippen molar-refractivity contribution in [2.24, 2.45) is 5.92 Å². The fourth-order valence-corrected chi connectivity index (χ4v) is 2.29. The van der Waals surface area contributed by atoms with E-state index in [2.05, 4.69) is 5.92 Å². The van der Waals surface area contributed by atoms with E-state index in [0.717, 1.165) is 17.9 Å². The molecule has 0 aromatic rings. The second kappa shape index (κ2) is 3.68. The van der Waals surface area contributed by atoms with Gasteiger partial charge in [-0.1, -0.05) is 5.92 Å². The van der Waals surface area contributed by atoms with Gasteiger partial charge in [-0.2, -0.15) is 11.8 Å². The molecule has 1 atom stereocenters. The van der Waals surface area contributed by atoms with Crippen molar-refractivity contribution in [3.8, 4) is 12.3 Å². The first kappa shape index (κ1) is 7.68. The number of carbonyl (C=O) groups excluding carboxylic acids is 1. The van der Waals surface area contributed by atoms with Crippen LogP contribution in [-0.4, -0.2) is 17.3 Å². The summed E-state index contributed by atoms with van der Waals surface area (Å²) >= 11 is 1.85. The Balaban J connectivity index is 2.34. The molecule has 0 bridgehead atoms. The quantitative estimate of drug-likeness (QED) is 0.558. The first-order chi connectivity index (χ1) is 4.84. The third-order valence-corrected chi connectivity index (χ3v) is 2.82. The average molecular weight is 154 g/mol. The predicted molar refractivity (Wildman–Crippen MR) is 43.9 cm³/mol. The van der Waals surface area contributed by atoms with E-state index < -0.39 is 0 Å². The summed E-state index contributed by atoms with van der Waals surface area (Å²) in [5, 5.41) is 0. The molecular weight excluding hydrogens is 144 g/mol. The van der Waals surface area contributed by atoms with Crippen LogP contribution in [0.4, 0.5) is 0 Å². The molecule has 1 rings (SSSR count). The minimum absolute atomic E-state index is 0.257. The number of ketones is 1. The van der Waals surface area contributed by atoms with Gasteiger partial charge in [-0.3, -0.25) is 4.79 Å². The highest BCUT2D eigenvalue weighted by molar-refractivity contribution is 7.99. The monoisotopic (exact) mass is 154 g/mol. The Morgan fingerprint density at radius 1 is 1.80 bits per heavy atom. The molecule has 0 saturated carbocycles. The van der Waals surface area contributed by atoms with Crippen molar-refractivity contribution in [2.45, 2.75) is 12.8 Å². The Bertz CT molecular complexity index is 163. The van der Waals surface area contributed by atoms with Crippen molar-refractivity contribution < 1.29 is 4.79 Å². The number of hydrogen-bond acceptors (Lipinski definition) is 2. The highest BCUT2D eigenvalue weighted by atomic mass is 32.2. The van der Waals surface area contributed by atoms with Crippen LogP contribution in [0.5, 0.6) is 0 Å². The molecule has 1 nitrogen and oxygen atoms in total. The van der Waals surface area contributed by atoms with E-state index >= 15 is 0 Å². The number of carbonyl (C=O) groups is 1. The van der Waals surface area contributed by atoms with Crippen LogP contribution in [0.1, 0.15) is 12.8 Å². The minimum Gasteiger partial charge on any atom is -0.298 e. The average Bonchev–Trinajstić information content (AvgIpc) is 2.38. The summed E-state index contributed by atoms with van der Waals surface area (Å²) in [5.41, 5.74) is 0. The van der Waals surface area contributed by atoms with Gasteiger partial charge in [0.25, 0.3) is 0 Å². The third kappa shape index (κ3) is 1.78. The van der Waals surface area contributed by atoms with Gasteiger partial charge in [0.1, 0.15) is 5.78 Å². The van der Waals surface area contributed by atoms with Gasteiger partial charge >= 0.3 is 0 Å². The van der Waals surface area contributed by atoms with Gasteiger partial charge in [-0.05, 0) is 12.2 Å². The summed E-state index contributed by atoms with van der Waals surface area (Å²) in [6.07, 6.45) is 6.38. The molecule has 2 heteroatoms. The number of rotatable bonds is 2. The smallest absolute Gasteiger partial charge is 0.148 e. The molecule has 0 amide bonds. The van der Waals surface area contributed by atoms with E-state index in [9.17, 15) is 4.79 Å². The molecular formula is C8H10OS. The molecule has 0 N–H and O–H groups in total. The van der Waals surface area contributed by atoms with Crippen LogP contribution in [0, 0.1) is 18.3 Å². The maximum Gasteiger partial charge on any atom is 0.148 e. The van der Waals surface area contributed by atoms with E-state index in [1.54, 1.807) is 0 Å². The van der Waals surface area contributed by atoms with Crippen LogP contribution < -0.4 is 0 Å². The molecule has 1 heterocycles. The van der Waals surface area contributed by atoms with E-state index in [-0.39, 0.29) is 11.7 Å².